The average molecular weight is 339 g/mol. The Morgan fingerprint density at radius 1 is 1.13 bits per heavy atom. The van der Waals surface area contributed by atoms with Gasteiger partial charge in [-0.15, -0.1) is 0 Å². The first-order valence-corrected chi connectivity index (χ1v) is 11.8. The lowest BCUT2D eigenvalue weighted by Crippen LogP contribution is -2.42. The van der Waals surface area contributed by atoms with Crippen LogP contribution < -0.4 is 0 Å². The SMILES string of the molecule is CCOC(=O)C(C(=O)OCC)[C@H]1C=C([Si](C)(C)C)C=CC1(C)C. The monoisotopic (exact) mass is 338 g/mol. The summed E-state index contributed by atoms with van der Waals surface area (Å²) in [6, 6.07) is 0. The Balaban J connectivity index is 3.29. The number of carbonyl (C=O) groups excluding carboxylic acids is 2. The number of ether oxygens (including phenoxy) is 2. The molecule has 0 radical (unpaired) electrons. The summed E-state index contributed by atoms with van der Waals surface area (Å²) in [6.45, 7) is 14.8. The van der Waals surface area contributed by atoms with Crippen LogP contribution in [0.15, 0.2) is 23.4 Å². The Bertz CT molecular complexity index is 494. The predicted octanol–water partition coefficient (Wildman–Crippen LogP) is 3.74. The number of allylic oxidation sites excluding steroid dienone is 4. The summed E-state index contributed by atoms with van der Waals surface area (Å²) in [5.74, 6) is -2.16. The van der Waals surface area contributed by atoms with Crippen molar-refractivity contribution in [2.75, 3.05) is 13.2 Å². The first-order chi connectivity index (χ1) is 10.5. The standard InChI is InChI=1S/C18H30O4Si/c1-8-21-16(19)15(17(20)22-9-2)14-12-13(23(5,6)7)10-11-18(14,3)4/h10-12,14-15H,8-9H2,1-7H3/t14-/m1/s1. The van der Waals surface area contributed by atoms with Gasteiger partial charge in [-0.25, -0.2) is 0 Å². The summed E-state index contributed by atoms with van der Waals surface area (Å²) in [5.41, 5.74) is -0.312. The van der Waals surface area contributed by atoms with Crippen molar-refractivity contribution in [3.63, 3.8) is 0 Å². The van der Waals surface area contributed by atoms with Crippen LogP contribution in [0.5, 0.6) is 0 Å². The summed E-state index contributed by atoms with van der Waals surface area (Å²) in [4.78, 5) is 24.9. The molecule has 0 spiro atoms. The van der Waals surface area contributed by atoms with Gasteiger partial charge < -0.3 is 9.47 Å². The molecule has 0 N–H and O–H groups in total. The predicted molar refractivity (Wildman–Crippen MR) is 94.6 cm³/mol. The van der Waals surface area contributed by atoms with E-state index in [9.17, 15) is 9.59 Å². The van der Waals surface area contributed by atoms with Crippen molar-refractivity contribution in [3.8, 4) is 0 Å². The van der Waals surface area contributed by atoms with Gasteiger partial charge in [-0.1, -0.05) is 56.9 Å². The zero-order valence-electron chi connectivity index (χ0n) is 15.4. The van der Waals surface area contributed by atoms with Crippen molar-refractivity contribution < 1.29 is 19.1 Å². The van der Waals surface area contributed by atoms with E-state index in [0.717, 1.165) is 0 Å². The summed E-state index contributed by atoms with van der Waals surface area (Å²) < 4.78 is 10.3. The number of hydrogen-bond donors (Lipinski definition) is 0. The minimum absolute atomic E-state index is 0.252. The van der Waals surface area contributed by atoms with E-state index in [2.05, 4.69) is 37.9 Å². The molecule has 0 aromatic heterocycles. The highest BCUT2D eigenvalue weighted by molar-refractivity contribution is 6.83. The van der Waals surface area contributed by atoms with Gasteiger partial charge in [0.1, 0.15) is 0 Å². The second kappa shape index (κ2) is 7.47. The molecular formula is C18H30O4Si. The molecule has 0 heterocycles. The highest BCUT2D eigenvalue weighted by atomic mass is 28.3. The molecule has 0 saturated heterocycles. The fraction of sp³-hybridized carbons (Fsp3) is 0.667. The second-order valence-corrected chi connectivity index (χ2v) is 12.6. The van der Waals surface area contributed by atoms with Crippen molar-refractivity contribution in [1.29, 1.82) is 0 Å². The topological polar surface area (TPSA) is 52.6 Å². The highest BCUT2D eigenvalue weighted by Gasteiger charge is 2.45. The third-order valence-electron chi connectivity index (χ3n) is 4.22. The normalized spacial score (nSPS) is 20.2. The molecule has 0 aliphatic heterocycles. The molecule has 0 amide bonds. The van der Waals surface area contributed by atoms with Gasteiger partial charge in [0.05, 0.1) is 21.3 Å². The minimum Gasteiger partial charge on any atom is -0.465 e. The quantitative estimate of drug-likeness (QED) is 0.420. The molecule has 0 bridgehead atoms. The number of carbonyl (C=O) groups is 2. The Morgan fingerprint density at radius 3 is 2.00 bits per heavy atom. The highest BCUT2D eigenvalue weighted by Crippen LogP contribution is 2.42. The van der Waals surface area contributed by atoms with Gasteiger partial charge in [0, 0.05) is 5.92 Å². The van der Waals surface area contributed by atoms with Crippen LogP contribution in [0.2, 0.25) is 19.6 Å². The summed E-state index contributed by atoms with van der Waals surface area (Å²) in [7, 11) is -1.54. The van der Waals surface area contributed by atoms with Gasteiger partial charge >= 0.3 is 11.9 Å². The summed E-state index contributed by atoms with van der Waals surface area (Å²) in [6.07, 6.45) is 6.36. The molecule has 23 heavy (non-hydrogen) atoms. The Hall–Kier alpha value is -1.36. The lowest BCUT2D eigenvalue weighted by Gasteiger charge is -2.38. The first kappa shape index (κ1) is 19.7. The van der Waals surface area contributed by atoms with Gasteiger partial charge in [-0.2, -0.15) is 0 Å². The molecule has 130 valence electrons. The fourth-order valence-electron chi connectivity index (χ4n) is 2.76. The Kier molecular flexibility index (Phi) is 6.39. The maximum atomic E-state index is 12.4. The lowest BCUT2D eigenvalue weighted by atomic mass is 9.69. The van der Waals surface area contributed by atoms with Crippen molar-refractivity contribution in [1.82, 2.24) is 0 Å². The smallest absolute Gasteiger partial charge is 0.320 e. The fourth-order valence-corrected chi connectivity index (χ4v) is 4.02. The van der Waals surface area contributed by atoms with E-state index in [0.29, 0.717) is 0 Å². The molecule has 0 fully saturated rings. The minimum atomic E-state index is -1.54. The molecule has 1 atom stereocenters. The average Bonchev–Trinajstić information content (AvgIpc) is 2.40. The first-order valence-electron chi connectivity index (χ1n) is 8.29. The van der Waals surface area contributed by atoms with Crippen LogP contribution in [0.3, 0.4) is 0 Å². The van der Waals surface area contributed by atoms with Crippen molar-refractivity contribution in [3.05, 3.63) is 23.4 Å². The zero-order valence-corrected chi connectivity index (χ0v) is 16.4. The summed E-state index contributed by atoms with van der Waals surface area (Å²) >= 11 is 0. The Labute approximate surface area is 140 Å². The number of hydrogen-bond acceptors (Lipinski definition) is 4. The molecule has 4 nitrogen and oxygen atoms in total. The van der Waals surface area contributed by atoms with Gasteiger partial charge in [0.15, 0.2) is 5.92 Å². The van der Waals surface area contributed by atoms with Crippen LogP contribution >= 0.6 is 0 Å². The van der Waals surface area contributed by atoms with E-state index < -0.39 is 25.9 Å². The molecule has 0 saturated carbocycles. The maximum Gasteiger partial charge on any atom is 0.320 e. The van der Waals surface area contributed by atoms with E-state index >= 15 is 0 Å². The van der Waals surface area contributed by atoms with E-state index in [1.807, 2.05) is 13.8 Å². The second-order valence-electron chi connectivity index (χ2n) is 7.53. The lowest BCUT2D eigenvalue weighted by molar-refractivity contribution is -0.165. The van der Waals surface area contributed by atoms with E-state index in [1.165, 1.54) is 5.20 Å². The molecule has 1 aliphatic carbocycles. The van der Waals surface area contributed by atoms with E-state index in [1.54, 1.807) is 13.8 Å². The van der Waals surface area contributed by atoms with Crippen LogP contribution in [-0.2, 0) is 19.1 Å². The van der Waals surface area contributed by atoms with Crippen molar-refractivity contribution >= 4 is 20.0 Å². The zero-order chi connectivity index (χ0) is 17.8. The number of esters is 2. The molecule has 0 unspecified atom stereocenters. The molecule has 1 aliphatic rings. The van der Waals surface area contributed by atoms with Gasteiger partial charge in [-0.3, -0.25) is 9.59 Å². The maximum absolute atomic E-state index is 12.4. The van der Waals surface area contributed by atoms with E-state index in [-0.39, 0.29) is 24.5 Å². The molecule has 5 heteroatoms. The molecular weight excluding hydrogens is 308 g/mol. The van der Waals surface area contributed by atoms with Gasteiger partial charge in [0.2, 0.25) is 0 Å². The van der Waals surface area contributed by atoms with Crippen LogP contribution in [0.1, 0.15) is 27.7 Å². The van der Waals surface area contributed by atoms with Crippen LogP contribution in [0.25, 0.3) is 0 Å². The van der Waals surface area contributed by atoms with Crippen LogP contribution in [-0.4, -0.2) is 33.2 Å². The van der Waals surface area contributed by atoms with Gasteiger partial charge in [-0.05, 0) is 19.3 Å². The Morgan fingerprint density at radius 2 is 1.61 bits per heavy atom. The largest absolute Gasteiger partial charge is 0.465 e. The van der Waals surface area contributed by atoms with Crippen LogP contribution in [0, 0.1) is 17.3 Å². The van der Waals surface area contributed by atoms with Gasteiger partial charge in [0.25, 0.3) is 0 Å². The molecule has 0 aromatic carbocycles. The van der Waals surface area contributed by atoms with Crippen molar-refractivity contribution in [2.24, 2.45) is 17.3 Å². The molecule has 1 rings (SSSR count). The van der Waals surface area contributed by atoms with E-state index in [4.69, 9.17) is 9.47 Å². The molecule has 0 aromatic rings. The van der Waals surface area contributed by atoms with Crippen LogP contribution in [0.4, 0.5) is 0 Å². The van der Waals surface area contributed by atoms with Crippen molar-refractivity contribution in [2.45, 2.75) is 47.3 Å². The summed E-state index contributed by atoms with van der Waals surface area (Å²) in [5, 5.41) is 1.25. The third kappa shape index (κ3) is 4.80. The number of rotatable bonds is 6. The third-order valence-corrected chi connectivity index (χ3v) is 6.28.